The minimum absolute atomic E-state index is 0.00772. The van der Waals surface area contributed by atoms with Crippen molar-refractivity contribution in [1.82, 2.24) is 9.55 Å². The van der Waals surface area contributed by atoms with Crippen LogP contribution in [0.2, 0.25) is 0 Å². The predicted molar refractivity (Wildman–Crippen MR) is 133 cm³/mol. The fourth-order valence-electron chi connectivity index (χ4n) is 3.72. The molecule has 1 amide bonds. The fraction of sp³-hybridized carbons (Fsp3) is 0.320. The van der Waals surface area contributed by atoms with Crippen molar-refractivity contribution in [2.24, 2.45) is 5.92 Å². The zero-order valence-electron chi connectivity index (χ0n) is 19.5. The molecule has 3 aromatic rings. The summed E-state index contributed by atoms with van der Waals surface area (Å²) < 4.78 is 1.28. The first kappa shape index (κ1) is 23.8. The molecule has 0 radical (unpaired) electrons. The normalized spacial score (nSPS) is 10.9. The number of rotatable bonds is 8. The van der Waals surface area contributed by atoms with Crippen molar-refractivity contribution in [1.29, 1.82) is 0 Å². The summed E-state index contributed by atoms with van der Waals surface area (Å²) in [5, 5.41) is 3.16. The van der Waals surface area contributed by atoms with Crippen LogP contribution in [-0.4, -0.2) is 28.5 Å². The number of nitrogens with zero attached hydrogens (tertiary/aromatic N) is 2. The van der Waals surface area contributed by atoms with Crippen molar-refractivity contribution < 1.29 is 4.79 Å². The van der Waals surface area contributed by atoms with Crippen LogP contribution in [0.25, 0.3) is 0 Å². The number of hydrogen-bond donors (Lipinski definition) is 3. The molecule has 0 bridgehead atoms. The average molecular weight is 450 g/mol. The van der Waals surface area contributed by atoms with Crippen LogP contribution in [0.15, 0.2) is 58.1 Å². The molecule has 8 heteroatoms. The van der Waals surface area contributed by atoms with Gasteiger partial charge in [0.15, 0.2) is 5.69 Å². The molecule has 3 rings (SSSR count). The van der Waals surface area contributed by atoms with E-state index in [1.165, 1.54) is 9.47 Å². The quantitative estimate of drug-likeness (QED) is 0.489. The van der Waals surface area contributed by atoms with Crippen LogP contribution >= 0.6 is 0 Å². The first-order chi connectivity index (χ1) is 15.7. The van der Waals surface area contributed by atoms with Gasteiger partial charge in [0.2, 0.25) is 5.91 Å². The van der Waals surface area contributed by atoms with Gasteiger partial charge in [-0.15, -0.1) is 0 Å². The number of carbonyl (C=O) groups excluding carboxylic acids is 1. The van der Waals surface area contributed by atoms with Crippen LogP contribution in [0.4, 0.5) is 17.2 Å². The second-order valence-electron chi connectivity index (χ2n) is 8.63. The van der Waals surface area contributed by atoms with Crippen LogP contribution in [0.1, 0.15) is 30.5 Å². The summed E-state index contributed by atoms with van der Waals surface area (Å²) in [7, 11) is 0. The molecule has 0 unspecified atom stereocenters. The molecule has 0 aliphatic carbocycles. The first-order valence-electron chi connectivity index (χ1n) is 11.0. The Morgan fingerprint density at radius 2 is 1.82 bits per heavy atom. The minimum atomic E-state index is -0.678. The predicted octanol–water partition coefficient (Wildman–Crippen LogP) is 2.89. The van der Waals surface area contributed by atoms with Crippen molar-refractivity contribution in [2.45, 2.75) is 34.2 Å². The van der Waals surface area contributed by atoms with Crippen molar-refractivity contribution >= 4 is 23.1 Å². The molecule has 33 heavy (non-hydrogen) atoms. The summed E-state index contributed by atoms with van der Waals surface area (Å²) in [6.45, 7) is 8.31. The van der Waals surface area contributed by atoms with Crippen LogP contribution in [-0.2, 0) is 11.3 Å². The standard InChI is InChI=1S/C25H31N5O3/c1-16(2)14-29(21(31)13-27-20-11-10-17(3)12-18(20)4)22-23(26)30(25(33)28-24(22)32)15-19-8-6-5-7-9-19/h5-12,16,27H,13-15,26H2,1-4H3,(H,28,32,33). The number of hydrogen-bond acceptors (Lipinski definition) is 5. The van der Waals surface area contributed by atoms with Gasteiger partial charge in [-0.25, -0.2) is 4.79 Å². The highest BCUT2D eigenvalue weighted by Gasteiger charge is 2.25. The second kappa shape index (κ2) is 10.2. The summed E-state index contributed by atoms with van der Waals surface area (Å²) in [6, 6.07) is 15.2. The van der Waals surface area contributed by atoms with E-state index in [1.54, 1.807) is 0 Å². The number of H-pyrrole nitrogens is 1. The lowest BCUT2D eigenvalue weighted by atomic mass is 10.1. The van der Waals surface area contributed by atoms with E-state index in [9.17, 15) is 14.4 Å². The molecule has 0 aliphatic heterocycles. The number of aromatic amines is 1. The molecular formula is C25H31N5O3. The van der Waals surface area contributed by atoms with Crippen molar-refractivity contribution in [2.75, 3.05) is 29.0 Å². The van der Waals surface area contributed by atoms with Crippen LogP contribution in [0.3, 0.4) is 0 Å². The Hall–Kier alpha value is -3.81. The molecule has 0 spiro atoms. The van der Waals surface area contributed by atoms with E-state index in [2.05, 4.69) is 10.3 Å². The lowest BCUT2D eigenvalue weighted by Crippen LogP contribution is -2.44. The summed E-state index contributed by atoms with van der Waals surface area (Å²) in [5.41, 5.74) is 8.86. The zero-order chi connectivity index (χ0) is 24.1. The van der Waals surface area contributed by atoms with Crippen molar-refractivity contribution in [3.8, 4) is 0 Å². The molecule has 8 nitrogen and oxygen atoms in total. The van der Waals surface area contributed by atoms with Crippen LogP contribution in [0, 0.1) is 19.8 Å². The third kappa shape index (κ3) is 5.71. The topological polar surface area (TPSA) is 113 Å². The van der Waals surface area contributed by atoms with Gasteiger partial charge in [-0.1, -0.05) is 61.9 Å². The number of benzene rings is 2. The maximum absolute atomic E-state index is 13.3. The lowest BCUT2D eigenvalue weighted by Gasteiger charge is -2.26. The average Bonchev–Trinajstić information content (AvgIpc) is 2.75. The number of anilines is 3. The first-order valence-corrected chi connectivity index (χ1v) is 11.0. The number of aromatic nitrogens is 2. The SMILES string of the molecule is Cc1ccc(NCC(=O)N(CC(C)C)c2c(N)n(Cc3ccccc3)c(=O)[nH]c2=O)c(C)c1. The van der Waals surface area contributed by atoms with Crippen molar-refractivity contribution in [3.63, 3.8) is 0 Å². The number of nitrogens with two attached hydrogens (primary N) is 1. The Labute approximate surface area is 193 Å². The maximum Gasteiger partial charge on any atom is 0.330 e. The van der Waals surface area contributed by atoms with E-state index in [0.717, 1.165) is 22.4 Å². The lowest BCUT2D eigenvalue weighted by molar-refractivity contribution is -0.117. The largest absolute Gasteiger partial charge is 0.383 e. The number of carbonyl (C=O) groups is 1. The molecule has 0 atom stereocenters. The molecule has 174 valence electrons. The third-order valence-corrected chi connectivity index (χ3v) is 5.33. The van der Waals surface area contributed by atoms with Crippen LogP contribution < -0.4 is 27.2 Å². The van der Waals surface area contributed by atoms with Gasteiger partial charge in [-0.05, 0) is 37.0 Å². The summed E-state index contributed by atoms with van der Waals surface area (Å²) in [5.74, 6) is -0.276. The van der Waals surface area contributed by atoms with Gasteiger partial charge in [0.25, 0.3) is 5.56 Å². The highest BCUT2D eigenvalue weighted by Crippen LogP contribution is 2.20. The van der Waals surface area contributed by atoms with Gasteiger partial charge in [0, 0.05) is 12.2 Å². The van der Waals surface area contributed by atoms with E-state index in [1.807, 2.05) is 76.2 Å². The van der Waals surface area contributed by atoms with Gasteiger partial charge >= 0.3 is 5.69 Å². The van der Waals surface area contributed by atoms with Gasteiger partial charge in [0.05, 0.1) is 13.1 Å². The molecule has 1 aromatic heterocycles. The molecular weight excluding hydrogens is 418 g/mol. The fourth-order valence-corrected chi connectivity index (χ4v) is 3.72. The molecule has 2 aromatic carbocycles. The summed E-state index contributed by atoms with van der Waals surface area (Å²) in [6.07, 6.45) is 0. The number of aryl methyl sites for hydroxylation is 2. The smallest absolute Gasteiger partial charge is 0.330 e. The van der Waals surface area contributed by atoms with E-state index in [0.29, 0.717) is 0 Å². The Bertz CT molecular complexity index is 1250. The molecule has 0 fully saturated rings. The van der Waals surface area contributed by atoms with E-state index in [4.69, 9.17) is 5.73 Å². The molecule has 1 heterocycles. The Balaban J connectivity index is 1.95. The van der Waals surface area contributed by atoms with Crippen molar-refractivity contribution in [3.05, 3.63) is 86.1 Å². The number of nitrogens with one attached hydrogen (secondary N) is 2. The van der Waals surface area contributed by atoms with Gasteiger partial charge in [0.1, 0.15) is 5.82 Å². The Morgan fingerprint density at radius 1 is 1.12 bits per heavy atom. The number of amides is 1. The Morgan fingerprint density at radius 3 is 2.45 bits per heavy atom. The minimum Gasteiger partial charge on any atom is -0.383 e. The van der Waals surface area contributed by atoms with E-state index in [-0.39, 0.29) is 43.0 Å². The molecule has 4 N–H and O–H groups in total. The summed E-state index contributed by atoms with van der Waals surface area (Å²) in [4.78, 5) is 42.3. The highest BCUT2D eigenvalue weighted by atomic mass is 16.2. The second-order valence-corrected chi connectivity index (χ2v) is 8.63. The van der Waals surface area contributed by atoms with Gasteiger partial charge < -0.3 is 16.0 Å². The third-order valence-electron chi connectivity index (χ3n) is 5.33. The molecule has 0 saturated heterocycles. The maximum atomic E-state index is 13.3. The van der Waals surface area contributed by atoms with Gasteiger partial charge in [-0.2, -0.15) is 0 Å². The zero-order valence-corrected chi connectivity index (χ0v) is 19.5. The van der Waals surface area contributed by atoms with E-state index < -0.39 is 11.2 Å². The van der Waals surface area contributed by atoms with E-state index >= 15 is 0 Å². The highest BCUT2D eigenvalue weighted by molar-refractivity contribution is 5.98. The molecule has 0 saturated carbocycles. The summed E-state index contributed by atoms with van der Waals surface area (Å²) >= 11 is 0. The van der Waals surface area contributed by atoms with Gasteiger partial charge in [-0.3, -0.25) is 19.1 Å². The number of nitrogen functional groups attached to an aromatic ring is 1. The van der Waals surface area contributed by atoms with Crippen LogP contribution in [0.5, 0.6) is 0 Å². The monoisotopic (exact) mass is 449 g/mol. The molecule has 0 aliphatic rings. The Kier molecular flexibility index (Phi) is 7.37.